The van der Waals surface area contributed by atoms with Crippen molar-refractivity contribution in [1.29, 1.82) is 0 Å². The normalized spacial score (nSPS) is 12.2. The van der Waals surface area contributed by atoms with E-state index < -0.39 is 0 Å². The van der Waals surface area contributed by atoms with Gasteiger partial charge in [-0.15, -0.1) is 0 Å². The molecular weight excluding hydrogens is 285 g/mol. The Hall–Kier alpha value is -1.54. The van der Waals surface area contributed by atoms with Crippen molar-refractivity contribution < 1.29 is 4.39 Å². The standard InChI is InChI=1S/C18H21ClFN/c1-3-4-5-14-6-9-16(10-7-14)21-13(2)17-11-8-15(20)12-18(17)19/h6-13,21H,3-5H2,1-2H3. The molecule has 0 aromatic heterocycles. The molecule has 2 aromatic carbocycles. The second-order valence-corrected chi connectivity index (χ2v) is 5.74. The van der Waals surface area contributed by atoms with Gasteiger partial charge >= 0.3 is 0 Å². The second-order valence-electron chi connectivity index (χ2n) is 5.33. The lowest BCUT2D eigenvalue weighted by Gasteiger charge is -2.17. The van der Waals surface area contributed by atoms with E-state index in [9.17, 15) is 4.39 Å². The molecule has 0 saturated carbocycles. The maximum Gasteiger partial charge on any atom is 0.124 e. The highest BCUT2D eigenvalue weighted by Crippen LogP contribution is 2.26. The summed E-state index contributed by atoms with van der Waals surface area (Å²) in [5.74, 6) is -0.309. The van der Waals surface area contributed by atoms with Crippen LogP contribution in [-0.4, -0.2) is 0 Å². The third-order valence-electron chi connectivity index (χ3n) is 3.59. The average Bonchev–Trinajstić information content (AvgIpc) is 2.46. The van der Waals surface area contributed by atoms with Crippen molar-refractivity contribution in [2.45, 2.75) is 39.2 Å². The summed E-state index contributed by atoms with van der Waals surface area (Å²) >= 11 is 6.09. The number of benzene rings is 2. The number of aryl methyl sites for hydroxylation is 1. The van der Waals surface area contributed by atoms with E-state index in [0.29, 0.717) is 5.02 Å². The lowest BCUT2D eigenvalue weighted by atomic mass is 10.1. The van der Waals surface area contributed by atoms with Crippen molar-refractivity contribution in [3.8, 4) is 0 Å². The molecule has 0 aliphatic carbocycles. The molecule has 2 aromatic rings. The van der Waals surface area contributed by atoms with Crippen LogP contribution in [0.3, 0.4) is 0 Å². The van der Waals surface area contributed by atoms with E-state index in [4.69, 9.17) is 11.6 Å². The fourth-order valence-corrected chi connectivity index (χ4v) is 2.66. The van der Waals surface area contributed by atoms with Gasteiger partial charge in [-0.3, -0.25) is 0 Å². The van der Waals surface area contributed by atoms with Gasteiger partial charge in [-0.1, -0.05) is 43.1 Å². The van der Waals surface area contributed by atoms with E-state index in [1.807, 2.05) is 6.92 Å². The van der Waals surface area contributed by atoms with Crippen LogP contribution in [0.4, 0.5) is 10.1 Å². The van der Waals surface area contributed by atoms with Crippen LogP contribution >= 0.6 is 11.6 Å². The zero-order valence-corrected chi connectivity index (χ0v) is 13.3. The van der Waals surface area contributed by atoms with Crippen molar-refractivity contribution in [3.63, 3.8) is 0 Å². The number of hydrogen-bond donors (Lipinski definition) is 1. The zero-order valence-electron chi connectivity index (χ0n) is 12.5. The van der Waals surface area contributed by atoms with Gasteiger partial charge in [0, 0.05) is 16.8 Å². The molecule has 3 heteroatoms. The van der Waals surface area contributed by atoms with Crippen LogP contribution in [0.25, 0.3) is 0 Å². The molecule has 0 fully saturated rings. The number of rotatable bonds is 6. The Balaban J connectivity index is 2.03. The minimum absolute atomic E-state index is 0.0274. The molecule has 2 rings (SSSR count). The molecule has 0 aliphatic heterocycles. The summed E-state index contributed by atoms with van der Waals surface area (Å²) in [6.45, 7) is 4.22. The predicted molar refractivity (Wildman–Crippen MR) is 88.5 cm³/mol. The van der Waals surface area contributed by atoms with Crippen molar-refractivity contribution >= 4 is 17.3 Å². The van der Waals surface area contributed by atoms with Gasteiger partial charge in [-0.2, -0.15) is 0 Å². The highest BCUT2D eigenvalue weighted by molar-refractivity contribution is 6.31. The summed E-state index contributed by atoms with van der Waals surface area (Å²) in [5, 5.41) is 3.85. The molecule has 0 radical (unpaired) electrons. The Bertz CT molecular complexity index is 580. The summed E-state index contributed by atoms with van der Waals surface area (Å²) < 4.78 is 13.1. The molecule has 0 bridgehead atoms. The minimum atomic E-state index is -0.309. The van der Waals surface area contributed by atoms with Gasteiger partial charge in [0.1, 0.15) is 5.82 Å². The highest BCUT2D eigenvalue weighted by Gasteiger charge is 2.10. The number of nitrogens with one attached hydrogen (secondary N) is 1. The van der Waals surface area contributed by atoms with Crippen molar-refractivity contribution in [3.05, 3.63) is 64.4 Å². The molecule has 0 saturated heterocycles. The SMILES string of the molecule is CCCCc1ccc(NC(C)c2ccc(F)cc2Cl)cc1. The summed E-state index contributed by atoms with van der Waals surface area (Å²) in [6, 6.07) is 13.0. The molecule has 1 atom stereocenters. The first-order chi connectivity index (χ1) is 10.1. The van der Waals surface area contributed by atoms with Gasteiger partial charge in [0.15, 0.2) is 0 Å². The Kier molecular flexibility index (Phi) is 5.63. The first-order valence-corrected chi connectivity index (χ1v) is 7.78. The average molecular weight is 306 g/mol. The van der Waals surface area contributed by atoms with Gasteiger partial charge in [-0.05, 0) is 55.2 Å². The largest absolute Gasteiger partial charge is 0.378 e. The minimum Gasteiger partial charge on any atom is -0.378 e. The van der Waals surface area contributed by atoms with Crippen LogP contribution in [0.1, 0.15) is 43.9 Å². The first kappa shape index (κ1) is 15.8. The summed E-state index contributed by atoms with van der Waals surface area (Å²) in [5.41, 5.74) is 3.30. The lowest BCUT2D eigenvalue weighted by molar-refractivity contribution is 0.626. The topological polar surface area (TPSA) is 12.0 Å². The van der Waals surface area contributed by atoms with Crippen LogP contribution in [0.15, 0.2) is 42.5 Å². The molecule has 112 valence electrons. The van der Waals surface area contributed by atoms with Gasteiger partial charge in [0.05, 0.1) is 0 Å². The number of hydrogen-bond acceptors (Lipinski definition) is 1. The zero-order chi connectivity index (χ0) is 15.2. The smallest absolute Gasteiger partial charge is 0.124 e. The molecular formula is C18H21ClFN. The van der Waals surface area contributed by atoms with E-state index >= 15 is 0 Å². The Labute approximate surface area is 131 Å². The van der Waals surface area contributed by atoms with E-state index in [0.717, 1.165) is 17.7 Å². The Morgan fingerprint density at radius 3 is 2.48 bits per heavy atom. The summed E-state index contributed by atoms with van der Waals surface area (Å²) in [7, 11) is 0. The molecule has 0 amide bonds. The van der Waals surface area contributed by atoms with E-state index in [1.54, 1.807) is 6.07 Å². The highest BCUT2D eigenvalue weighted by atomic mass is 35.5. The fraction of sp³-hybridized carbons (Fsp3) is 0.333. The van der Waals surface area contributed by atoms with E-state index in [-0.39, 0.29) is 11.9 Å². The number of anilines is 1. The maximum absolute atomic E-state index is 13.1. The first-order valence-electron chi connectivity index (χ1n) is 7.40. The molecule has 0 aliphatic rings. The Morgan fingerprint density at radius 1 is 1.14 bits per heavy atom. The maximum atomic E-state index is 13.1. The van der Waals surface area contributed by atoms with Gasteiger partial charge in [-0.25, -0.2) is 4.39 Å². The Morgan fingerprint density at radius 2 is 1.86 bits per heavy atom. The molecule has 1 nitrogen and oxygen atoms in total. The van der Waals surface area contributed by atoms with Gasteiger partial charge in [0.2, 0.25) is 0 Å². The van der Waals surface area contributed by atoms with E-state index in [1.165, 1.54) is 30.5 Å². The van der Waals surface area contributed by atoms with E-state index in [2.05, 4.69) is 36.5 Å². The van der Waals surface area contributed by atoms with Crippen LogP contribution in [0.2, 0.25) is 5.02 Å². The molecule has 0 spiro atoms. The van der Waals surface area contributed by atoms with Gasteiger partial charge < -0.3 is 5.32 Å². The quantitative estimate of drug-likeness (QED) is 0.690. The van der Waals surface area contributed by atoms with Crippen LogP contribution in [0.5, 0.6) is 0 Å². The van der Waals surface area contributed by atoms with Gasteiger partial charge in [0.25, 0.3) is 0 Å². The van der Waals surface area contributed by atoms with Crippen LogP contribution in [-0.2, 0) is 6.42 Å². The molecule has 21 heavy (non-hydrogen) atoms. The number of unbranched alkanes of at least 4 members (excludes halogenated alkanes) is 1. The monoisotopic (exact) mass is 305 g/mol. The fourth-order valence-electron chi connectivity index (χ4n) is 2.33. The molecule has 1 N–H and O–H groups in total. The van der Waals surface area contributed by atoms with Crippen LogP contribution in [0, 0.1) is 5.82 Å². The van der Waals surface area contributed by atoms with Crippen molar-refractivity contribution in [2.24, 2.45) is 0 Å². The molecule has 1 unspecified atom stereocenters. The lowest BCUT2D eigenvalue weighted by Crippen LogP contribution is -2.07. The summed E-state index contributed by atoms with van der Waals surface area (Å²) in [4.78, 5) is 0. The third kappa shape index (κ3) is 4.47. The molecule has 0 heterocycles. The second kappa shape index (κ2) is 7.46. The summed E-state index contributed by atoms with van der Waals surface area (Å²) in [6.07, 6.45) is 3.55. The van der Waals surface area contributed by atoms with Crippen LogP contribution < -0.4 is 5.32 Å². The third-order valence-corrected chi connectivity index (χ3v) is 3.91. The van der Waals surface area contributed by atoms with Crippen molar-refractivity contribution in [2.75, 3.05) is 5.32 Å². The van der Waals surface area contributed by atoms with Crippen molar-refractivity contribution in [1.82, 2.24) is 0 Å². The number of halogens is 2. The predicted octanol–water partition coefficient (Wildman–Crippen LogP) is 5.99.